The molecule has 8 heteroatoms. The molecule has 4 rings (SSSR count). The van der Waals surface area contributed by atoms with Crippen LogP contribution in [0.2, 0.25) is 5.02 Å². The van der Waals surface area contributed by atoms with Crippen molar-refractivity contribution in [3.63, 3.8) is 0 Å². The summed E-state index contributed by atoms with van der Waals surface area (Å²) < 4.78 is 1.93. The van der Waals surface area contributed by atoms with Gasteiger partial charge in [-0.1, -0.05) is 59.8 Å². The van der Waals surface area contributed by atoms with E-state index in [1.54, 1.807) is 4.90 Å². The third kappa shape index (κ3) is 5.43. The zero-order valence-electron chi connectivity index (χ0n) is 17.6. The average molecular weight is 474 g/mol. The van der Waals surface area contributed by atoms with Crippen molar-refractivity contribution >= 4 is 35.0 Å². The predicted molar refractivity (Wildman–Crippen MR) is 132 cm³/mol. The second-order valence-electron chi connectivity index (χ2n) is 7.06. The van der Waals surface area contributed by atoms with Gasteiger partial charge in [0.15, 0.2) is 11.0 Å². The number of benzene rings is 3. The lowest BCUT2D eigenvalue weighted by Gasteiger charge is -2.21. The van der Waals surface area contributed by atoms with Crippen molar-refractivity contribution in [3.8, 4) is 23.1 Å². The monoisotopic (exact) mass is 473 g/mol. The molecule has 0 aliphatic heterocycles. The fourth-order valence-corrected chi connectivity index (χ4v) is 4.28. The Labute approximate surface area is 201 Å². The first-order valence-corrected chi connectivity index (χ1v) is 11.7. The zero-order valence-corrected chi connectivity index (χ0v) is 19.2. The van der Waals surface area contributed by atoms with Crippen LogP contribution < -0.4 is 4.90 Å². The molecule has 0 radical (unpaired) electrons. The molecule has 1 amide bonds. The molecule has 0 unspecified atom stereocenters. The number of amides is 1. The van der Waals surface area contributed by atoms with Gasteiger partial charge < -0.3 is 4.90 Å². The van der Waals surface area contributed by atoms with E-state index < -0.39 is 0 Å². The van der Waals surface area contributed by atoms with Gasteiger partial charge >= 0.3 is 0 Å². The first-order valence-electron chi connectivity index (χ1n) is 10.3. The summed E-state index contributed by atoms with van der Waals surface area (Å²) in [6, 6.07) is 28.7. The number of para-hydroxylation sites is 2. The van der Waals surface area contributed by atoms with Gasteiger partial charge in [-0.15, -0.1) is 10.2 Å². The number of carbonyl (C=O) groups is 1. The first-order chi connectivity index (χ1) is 16.2. The maximum Gasteiger partial charge on any atom is 0.237 e. The highest BCUT2D eigenvalue weighted by atomic mass is 35.5. The van der Waals surface area contributed by atoms with Crippen LogP contribution in [0.4, 0.5) is 5.69 Å². The van der Waals surface area contributed by atoms with Crippen LogP contribution in [-0.4, -0.2) is 33.0 Å². The van der Waals surface area contributed by atoms with Crippen molar-refractivity contribution in [3.05, 3.63) is 90.0 Å². The highest BCUT2D eigenvalue weighted by Gasteiger charge is 2.20. The first kappa shape index (κ1) is 22.6. The average Bonchev–Trinajstić information content (AvgIpc) is 3.28. The quantitative estimate of drug-likeness (QED) is 0.310. The third-order valence-electron chi connectivity index (χ3n) is 4.89. The number of aromatic nitrogens is 3. The lowest BCUT2D eigenvalue weighted by Crippen LogP contribution is -2.33. The zero-order chi connectivity index (χ0) is 23.0. The number of thioether (sulfide) groups is 1. The smallest absolute Gasteiger partial charge is 0.237 e. The Morgan fingerprint density at radius 2 is 1.64 bits per heavy atom. The Morgan fingerprint density at radius 1 is 0.970 bits per heavy atom. The van der Waals surface area contributed by atoms with Crippen molar-refractivity contribution < 1.29 is 4.79 Å². The lowest BCUT2D eigenvalue weighted by molar-refractivity contribution is -0.116. The molecular weight excluding hydrogens is 454 g/mol. The van der Waals surface area contributed by atoms with Gasteiger partial charge in [-0.3, -0.25) is 9.36 Å². The summed E-state index contributed by atoms with van der Waals surface area (Å²) in [5.74, 6) is 0.723. The molecule has 4 aromatic rings. The minimum Gasteiger partial charge on any atom is -0.311 e. The Kier molecular flexibility index (Phi) is 7.40. The Bertz CT molecular complexity index is 1250. The minimum atomic E-state index is -0.0999. The standard InChI is InChI=1S/C25H20ClN5OS/c26-20-14-12-19(13-15-20)24-28-29-25(31(24)22-10-5-2-6-11-22)33-18-23(32)30(17-7-16-27)21-8-3-1-4-9-21/h1-6,8-15H,7,17-18H2. The molecule has 0 fully saturated rings. The van der Waals surface area contributed by atoms with Gasteiger partial charge in [-0.05, 0) is 48.5 Å². The molecule has 164 valence electrons. The Hall–Kier alpha value is -3.60. The summed E-state index contributed by atoms with van der Waals surface area (Å²) in [5, 5.41) is 19.0. The maximum atomic E-state index is 13.1. The Morgan fingerprint density at radius 3 is 2.30 bits per heavy atom. The lowest BCUT2D eigenvalue weighted by atomic mass is 10.2. The van der Waals surface area contributed by atoms with Crippen LogP contribution in [0, 0.1) is 11.3 Å². The fraction of sp³-hybridized carbons (Fsp3) is 0.120. The van der Waals surface area contributed by atoms with E-state index in [9.17, 15) is 4.79 Å². The van der Waals surface area contributed by atoms with E-state index in [0.29, 0.717) is 22.5 Å². The third-order valence-corrected chi connectivity index (χ3v) is 6.06. The molecule has 0 saturated carbocycles. The molecule has 0 spiro atoms. The summed E-state index contributed by atoms with van der Waals surface area (Å²) >= 11 is 7.37. The number of anilines is 1. The van der Waals surface area contributed by atoms with E-state index in [1.165, 1.54) is 11.8 Å². The van der Waals surface area contributed by atoms with Crippen molar-refractivity contribution in [2.24, 2.45) is 0 Å². The number of nitrogens with zero attached hydrogens (tertiary/aromatic N) is 5. The van der Waals surface area contributed by atoms with Gasteiger partial charge in [0, 0.05) is 28.5 Å². The van der Waals surface area contributed by atoms with Crippen LogP contribution in [0.5, 0.6) is 0 Å². The largest absolute Gasteiger partial charge is 0.311 e. The van der Waals surface area contributed by atoms with E-state index in [0.717, 1.165) is 16.9 Å². The summed E-state index contributed by atoms with van der Waals surface area (Å²) in [6.07, 6.45) is 0.256. The normalized spacial score (nSPS) is 10.5. The van der Waals surface area contributed by atoms with Crippen LogP contribution in [0.1, 0.15) is 6.42 Å². The molecule has 33 heavy (non-hydrogen) atoms. The van der Waals surface area contributed by atoms with E-state index in [2.05, 4.69) is 16.3 Å². The summed E-state index contributed by atoms with van der Waals surface area (Å²) in [5.41, 5.74) is 2.53. The number of hydrogen-bond donors (Lipinski definition) is 0. The molecule has 0 bridgehead atoms. The topological polar surface area (TPSA) is 74.8 Å². The van der Waals surface area contributed by atoms with Crippen LogP contribution in [-0.2, 0) is 4.79 Å². The van der Waals surface area contributed by atoms with Crippen molar-refractivity contribution in [2.75, 3.05) is 17.2 Å². The van der Waals surface area contributed by atoms with Gasteiger partial charge in [0.2, 0.25) is 5.91 Å². The predicted octanol–water partition coefficient (Wildman–Crippen LogP) is 5.63. The van der Waals surface area contributed by atoms with Gasteiger partial charge in [0.1, 0.15) is 0 Å². The van der Waals surface area contributed by atoms with Crippen molar-refractivity contribution in [1.82, 2.24) is 14.8 Å². The maximum absolute atomic E-state index is 13.1. The summed E-state index contributed by atoms with van der Waals surface area (Å²) in [4.78, 5) is 14.7. The highest BCUT2D eigenvalue weighted by Crippen LogP contribution is 2.29. The van der Waals surface area contributed by atoms with Crippen LogP contribution in [0.3, 0.4) is 0 Å². The van der Waals surface area contributed by atoms with Gasteiger partial charge in [0.05, 0.1) is 18.2 Å². The second kappa shape index (κ2) is 10.8. The molecule has 6 nitrogen and oxygen atoms in total. The van der Waals surface area contributed by atoms with Crippen LogP contribution >= 0.6 is 23.4 Å². The minimum absolute atomic E-state index is 0.0999. The Balaban J connectivity index is 1.62. The molecule has 0 atom stereocenters. The molecule has 1 heterocycles. The number of halogens is 1. The van der Waals surface area contributed by atoms with E-state index in [1.807, 2.05) is 89.5 Å². The number of carbonyl (C=O) groups excluding carboxylic acids is 1. The SMILES string of the molecule is N#CCCN(C(=O)CSc1nnc(-c2ccc(Cl)cc2)n1-c1ccccc1)c1ccccc1. The van der Waals surface area contributed by atoms with E-state index >= 15 is 0 Å². The van der Waals surface area contributed by atoms with Crippen LogP contribution in [0.15, 0.2) is 90.1 Å². The molecule has 3 aromatic carbocycles. The van der Waals surface area contributed by atoms with Gasteiger partial charge in [0.25, 0.3) is 0 Å². The molecule has 0 aliphatic rings. The van der Waals surface area contributed by atoms with Crippen LogP contribution in [0.25, 0.3) is 17.1 Å². The highest BCUT2D eigenvalue weighted by molar-refractivity contribution is 7.99. The number of hydrogen-bond acceptors (Lipinski definition) is 5. The molecule has 1 aromatic heterocycles. The molecular formula is C25H20ClN5OS. The van der Waals surface area contributed by atoms with Crippen molar-refractivity contribution in [2.45, 2.75) is 11.6 Å². The van der Waals surface area contributed by atoms with E-state index in [-0.39, 0.29) is 18.1 Å². The summed E-state index contributed by atoms with van der Waals surface area (Å²) in [7, 11) is 0. The fourth-order valence-electron chi connectivity index (χ4n) is 3.33. The molecule has 0 saturated heterocycles. The summed E-state index contributed by atoms with van der Waals surface area (Å²) in [6.45, 7) is 0.335. The van der Waals surface area contributed by atoms with Gasteiger partial charge in [-0.25, -0.2) is 0 Å². The number of nitriles is 1. The molecule has 0 aliphatic carbocycles. The van der Waals surface area contributed by atoms with E-state index in [4.69, 9.17) is 16.9 Å². The second-order valence-corrected chi connectivity index (χ2v) is 8.44. The van der Waals surface area contributed by atoms with Gasteiger partial charge in [-0.2, -0.15) is 5.26 Å². The van der Waals surface area contributed by atoms with Crippen molar-refractivity contribution in [1.29, 1.82) is 5.26 Å². The number of rotatable bonds is 8. The molecule has 0 N–H and O–H groups in total.